The van der Waals surface area contributed by atoms with Crippen LogP contribution in [0, 0.1) is 0 Å². The fourth-order valence-corrected chi connectivity index (χ4v) is 6.56. The fraction of sp³-hybridized carbons (Fsp3) is 0. The summed E-state index contributed by atoms with van der Waals surface area (Å²) in [4.78, 5) is 0. The van der Waals surface area contributed by atoms with Gasteiger partial charge in [-0.25, -0.2) is 0 Å². The molecule has 0 fully saturated rings. The van der Waals surface area contributed by atoms with Crippen molar-refractivity contribution in [2.24, 2.45) is 0 Å². The van der Waals surface area contributed by atoms with Gasteiger partial charge in [0.25, 0.3) is 0 Å². The molecule has 0 aliphatic heterocycles. The third kappa shape index (κ3) is 4.47. The van der Waals surface area contributed by atoms with Crippen molar-refractivity contribution >= 4 is 54.3 Å². The molecule has 1 aromatic heterocycles. The molecular weight excluding hydrogens is 593 g/mol. The predicted octanol–water partition coefficient (Wildman–Crippen LogP) is 13.7. The van der Waals surface area contributed by atoms with Crippen LogP contribution in [0.1, 0.15) is 24.7 Å². The van der Waals surface area contributed by atoms with E-state index in [1.165, 1.54) is 12.1 Å². The lowest BCUT2D eigenvalue weighted by Gasteiger charge is -2.19. The van der Waals surface area contributed by atoms with Crippen molar-refractivity contribution in [2.75, 3.05) is 0 Å². The first kappa shape index (κ1) is 15.2. The molecule has 0 aliphatic rings. The first-order chi connectivity index (χ1) is 31.8. The van der Waals surface area contributed by atoms with Crippen LogP contribution in [0.15, 0.2) is 186 Å². The molecule has 9 aromatic carbocycles. The van der Waals surface area contributed by atoms with Crippen LogP contribution in [0.3, 0.4) is 0 Å². The van der Waals surface area contributed by atoms with E-state index in [2.05, 4.69) is 0 Å². The van der Waals surface area contributed by atoms with E-state index in [4.69, 9.17) is 22.2 Å². The van der Waals surface area contributed by atoms with E-state index in [0.29, 0.717) is 38.2 Å². The van der Waals surface area contributed by atoms with E-state index in [1.54, 1.807) is 60.7 Å². The second kappa shape index (κ2) is 11.1. The maximum atomic E-state index is 9.68. The molecule has 1 nitrogen and oxygen atoms in total. The Labute approximate surface area is 309 Å². The van der Waals surface area contributed by atoms with Crippen molar-refractivity contribution in [3.63, 3.8) is 0 Å². The van der Waals surface area contributed by atoms with Crippen LogP contribution in [0.5, 0.6) is 0 Å². The van der Waals surface area contributed by atoms with Crippen LogP contribution < -0.4 is 0 Å². The van der Waals surface area contributed by atoms with Gasteiger partial charge in [-0.2, -0.15) is 0 Å². The second-order valence-corrected chi connectivity index (χ2v) is 11.4. The minimum atomic E-state index is -0.612. The number of furan rings is 1. The van der Waals surface area contributed by atoms with Crippen molar-refractivity contribution in [1.29, 1.82) is 0 Å². The predicted molar refractivity (Wildman–Crippen MR) is 208 cm³/mol. The number of rotatable bonds is 4. The summed E-state index contributed by atoms with van der Waals surface area (Å²) in [6.45, 7) is 0. The van der Waals surface area contributed by atoms with Gasteiger partial charge in [-0.05, 0) is 101 Å². The van der Waals surface area contributed by atoms with Crippen LogP contribution in [0.2, 0.25) is 0 Å². The molecule has 0 N–H and O–H groups in total. The summed E-state index contributed by atoms with van der Waals surface area (Å²) in [5.41, 5.74) is 0.895. The maximum absolute atomic E-state index is 9.68. The molecule has 0 unspecified atom stereocenters. The van der Waals surface area contributed by atoms with Crippen LogP contribution >= 0.6 is 0 Å². The number of benzene rings is 9. The molecule has 1 heterocycles. The highest BCUT2D eigenvalue weighted by Gasteiger charge is 2.20. The molecule has 1 heteroatoms. The molecule has 0 spiro atoms. The quantitative estimate of drug-likeness (QED) is 0.174. The SMILES string of the molecule is [2H]c1c([2H])c([2H])c(-c2ccc(-c3c([2H])c([2H])c([2H])c([2H])c3-c3c4ccccc4c(-c4c([2H])c([2H])c5c(oc6c([2H])c7c([2H])c([2H])c([2H])c([2H])c7c([2H])c65)c4[2H])c4ccccc34)cc2)c([2H])c1[2H]. The fourth-order valence-electron chi connectivity index (χ4n) is 6.56. The first-order valence-electron chi connectivity index (χ1n) is 24.4. The molecule has 0 bridgehead atoms. The number of hydrogen-bond donors (Lipinski definition) is 0. The molecule has 10 rings (SSSR count). The summed E-state index contributed by atoms with van der Waals surface area (Å²) in [7, 11) is 0. The van der Waals surface area contributed by atoms with Crippen molar-refractivity contribution in [3.8, 4) is 44.5 Å². The average molecular weight is 641 g/mol. The second-order valence-electron chi connectivity index (χ2n) is 11.4. The van der Waals surface area contributed by atoms with Gasteiger partial charge in [-0.3, -0.25) is 0 Å². The third-order valence-electron chi connectivity index (χ3n) is 8.72. The van der Waals surface area contributed by atoms with Gasteiger partial charge in [0, 0.05) is 10.8 Å². The standard InChI is InChI=1S/C48H30O/c1-2-12-31(13-3-1)32-22-24-33(25-23-32)37-16-6-7-17-39(37)48-42-20-10-8-18-40(42)47(41-19-9-11-21-43(41)48)36-26-27-38-44-28-34-14-4-5-15-35(34)29-46(44)49-45(38)30-36/h1-30H/i1D,2D,3D,4D,5D,6D,7D,12D,13D,14D,15D,16D,17D,26D,27D,28D,29D,30D. The van der Waals surface area contributed by atoms with Crippen LogP contribution in [-0.4, -0.2) is 0 Å². The largest absolute Gasteiger partial charge is 0.456 e. The van der Waals surface area contributed by atoms with E-state index >= 15 is 0 Å². The summed E-state index contributed by atoms with van der Waals surface area (Å²) in [5, 5.41) is 0.947. The Balaban J connectivity index is 1.28. The lowest BCUT2D eigenvalue weighted by atomic mass is 9.83. The molecular formula is C48H30O. The van der Waals surface area contributed by atoms with Gasteiger partial charge in [-0.1, -0.05) is 157 Å². The van der Waals surface area contributed by atoms with Crippen molar-refractivity contribution in [3.05, 3.63) is 182 Å². The normalized spacial score (nSPS) is 16.8. The maximum Gasteiger partial charge on any atom is 0.136 e. The molecule has 0 amide bonds. The van der Waals surface area contributed by atoms with Gasteiger partial charge in [0.05, 0.1) is 24.7 Å². The number of hydrogen-bond acceptors (Lipinski definition) is 1. The lowest BCUT2D eigenvalue weighted by Crippen LogP contribution is -1.92. The Morgan fingerprint density at radius 1 is 0.347 bits per heavy atom. The number of fused-ring (bicyclic) bond motifs is 6. The van der Waals surface area contributed by atoms with Crippen molar-refractivity contribution < 1.29 is 29.1 Å². The van der Waals surface area contributed by atoms with Gasteiger partial charge in [0.2, 0.25) is 0 Å². The van der Waals surface area contributed by atoms with E-state index in [9.17, 15) is 6.85 Å². The van der Waals surface area contributed by atoms with Gasteiger partial charge >= 0.3 is 0 Å². The Kier molecular flexibility index (Phi) is 3.43. The Morgan fingerprint density at radius 2 is 0.898 bits per heavy atom. The molecule has 0 saturated heterocycles. The van der Waals surface area contributed by atoms with Crippen LogP contribution in [-0.2, 0) is 0 Å². The van der Waals surface area contributed by atoms with Crippen molar-refractivity contribution in [1.82, 2.24) is 0 Å². The highest BCUT2D eigenvalue weighted by atomic mass is 16.3. The lowest BCUT2D eigenvalue weighted by molar-refractivity contribution is 0.669. The van der Waals surface area contributed by atoms with Gasteiger partial charge < -0.3 is 4.42 Å². The summed E-state index contributed by atoms with van der Waals surface area (Å²) in [6.07, 6.45) is 0. The van der Waals surface area contributed by atoms with Crippen LogP contribution in [0.4, 0.5) is 0 Å². The zero-order valence-corrected chi connectivity index (χ0v) is 25.3. The highest BCUT2D eigenvalue weighted by Crippen LogP contribution is 2.47. The van der Waals surface area contributed by atoms with Gasteiger partial charge in [-0.15, -0.1) is 0 Å². The minimum Gasteiger partial charge on any atom is -0.456 e. The molecule has 10 aromatic rings. The monoisotopic (exact) mass is 640 g/mol. The minimum absolute atomic E-state index is 0.0392. The Hall–Kier alpha value is -6.44. The van der Waals surface area contributed by atoms with E-state index in [-0.39, 0.29) is 78.7 Å². The highest BCUT2D eigenvalue weighted by molar-refractivity contribution is 6.23. The van der Waals surface area contributed by atoms with Crippen LogP contribution in [0.25, 0.3) is 98.8 Å². The molecule has 0 radical (unpaired) electrons. The smallest absolute Gasteiger partial charge is 0.136 e. The summed E-state index contributed by atoms with van der Waals surface area (Å²) < 4.78 is 164. The summed E-state index contributed by atoms with van der Waals surface area (Å²) in [5.74, 6) is 0. The zero-order valence-electron chi connectivity index (χ0n) is 43.3. The van der Waals surface area contributed by atoms with Crippen molar-refractivity contribution in [2.45, 2.75) is 0 Å². The summed E-state index contributed by atoms with van der Waals surface area (Å²) in [6, 6.07) is 11.4. The molecule has 0 aliphatic carbocycles. The van der Waals surface area contributed by atoms with E-state index in [0.717, 1.165) is 0 Å². The first-order valence-corrected chi connectivity index (χ1v) is 15.4. The van der Waals surface area contributed by atoms with Gasteiger partial charge in [0.15, 0.2) is 0 Å². The average Bonchev–Trinajstić information content (AvgIpc) is 3.75. The van der Waals surface area contributed by atoms with Gasteiger partial charge in [0.1, 0.15) is 11.2 Å². The Bertz CT molecular complexity index is 3810. The topological polar surface area (TPSA) is 13.1 Å². The Morgan fingerprint density at radius 3 is 1.59 bits per heavy atom. The summed E-state index contributed by atoms with van der Waals surface area (Å²) >= 11 is 0. The molecule has 49 heavy (non-hydrogen) atoms. The third-order valence-corrected chi connectivity index (χ3v) is 8.72. The van der Waals surface area contributed by atoms with E-state index < -0.39 is 90.6 Å². The van der Waals surface area contributed by atoms with E-state index in [1.807, 2.05) is 0 Å². The zero-order chi connectivity index (χ0) is 48.0. The molecule has 0 saturated carbocycles. The molecule has 228 valence electrons. The molecule has 0 atom stereocenters.